The number of halogens is 3. The molecule has 158 valence electrons. The summed E-state index contributed by atoms with van der Waals surface area (Å²) in [5.74, 6) is -1.69. The number of alkyl halides is 3. The second-order valence-corrected chi connectivity index (χ2v) is 6.78. The zero-order chi connectivity index (χ0) is 22.0. The number of oxazole rings is 1. The molecule has 1 N–H and O–H groups in total. The fourth-order valence-electron chi connectivity index (χ4n) is 3.31. The fraction of sp³-hybridized carbons (Fsp3) is 0.136. The van der Waals surface area contributed by atoms with E-state index in [1.54, 1.807) is 30.5 Å². The number of ether oxygens (including phenoxy) is 1. The molecule has 0 fully saturated rings. The Hall–Kier alpha value is -3.88. The van der Waals surface area contributed by atoms with Crippen LogP contribution < -0.4 is 10.5 Å². The third-order valence-electron chi connectivity index (χ3n) is 4.69. The SMILES string of the molecule is O=C(C[C@@H](c1ccc(OC(F)(F)F)cc1)c1ccccn1)c1ccc2oc(=O)[nH]c2c1. The minimum Gasteiger partial charge on any atom is -0.408 e. The van der Waals surface area contributed by atoms with Gasteiger partial charge in [-0.2, -0.15) is 0 Å². The number of fused-ring (bicyclic) bond motifs is 1. The highest BCUT2D eigenvalue weighted by Gasteiger charge is 2.31. The van der Waals surface area contributed by atoms with Gasteiger partial charge in [0.25, 0.3) is 0 Å². The largest absolute Gasteiger partial charge is 0.573 e. The summed E-state index contributed by atoms with van der Waals surface area (Å²) in [7, 11) is 0. The lowest BCUT2D eigenvalue weighted by atomic mass is 9.88. The molecular weight excluding hydrogens is 413 g/mol. The first-order valence-electron chi connectivity index (χ1n) is 9.21. The molecule has 2 heterocycles. The van der Waals surface area contributed by atoms with E-state index in [-0.39, 0.29) is 18.0 Å². The number of H-pyrrole nitrogens is 1. The van der Waals surface area contributed by atoms with E-state index in [9.17, 15) is 22.8 Å². The predicted molar refractivity (Wildman–Crippen MR) is 105 cm³/mol. The van der Waals surface area contributed by atoms with E-state index in [1.807, 2.05) is 0 Å². The summed E-state index contributed by atoms with van der Waals surface area (Å²) in [5, 5.41) is 0. The van der Waals surface area contributed by atoms with Crippen LogP contribution in [-0.4, -0.2) is 22.1 Å². The minimum absolute atomic E-state index is 0.0179. The van der Waals surface area contributed by atoms with Crippen LogP contribution in [0.25, 0.3) is 11.1 Å². The molecule has 31 heavy (non-hydrogen) atoms. The van der Waals surface area contributed by atoms with Gasteiger partial charge in [0.05, 0.1) is 5.52 Å². The van der Waals surface area contributed by atoms with Crippen LogP contribution in [0.1, 0.15) is 34.0 Å². The molecule has 0 bridgehead atoms. The Bertz CT molecular complexity index is 1260. The van der Waals surface area contributed by atoms with Gasteiger partial charge in [0, 0.05) is 29.8 Å². The van der Waals surface area contributed by atoms with Crippen molar-refractivity contribution in [1.29, 1.82) is 0 Å². The van der Waals surface area contributed by atoms with Gasteiger partial charge in [-0.15, -0.1) is 13.2 Å². The van der Waals surface area contributed by atoms with Crippen LogP contribution >= 0.6 is 0 Å². The summed E-state index contributed by atoms with van der Waals surface area (Å²) in [6.07, 6.45) is -3.19. The van der Waals surface area contributed by atoms with Crippen molar-refractivity contribution in [1.82, 2.24) is 9.97 Å². The number of benzene rings is 2. The molecule has 0 amide bonds. The highest BCUT2D eigenvalue weighted by molar-refractivity contribution is 5.99. The van der Waals surface area contributed by atoms with Gasteiger partial charge in [-0.3, -0.25) is 14.8 Å². The molecule has 4 rings (SSSR count). The van der Waals surface area contributed by atoms with Crippen LogP contribution in [0.15, 0.2) is 76.1 Å². The lowest BCUT2D eigenvalue weighted by molar-refractivity contribution is -0.274. The molecule has 9 heteroatoms. The molecule has 0 radical (unpaired) electrons. The van der Waals surface area contributed by atoms with Gasteiger partial charge in [0.15, 0.2) is 11.4 Å². The third kappa shape index (κ3) is 4.82. The number of carbonyl (C=O) groups is 1. The van der Waals surface area contributed by atoms with Gasteiger partial charge in [-0.1, -0.05) is 18.2 Å². The number of aromatic amines is 1. The average molecular weight is 428 g/mol. The summed E-state index contributed by atoms with van der Waals surface area (Å²) in [6, 6.07) is 15.2. The van der Waals surface area contributed by atoms with Crippen LogP contribution in [-0.2, 0) is 0 Å². The summed E-state index contributed by atoms with van der Waals surface area (Å²) in [6.45, 7) is 0. The summed E-state index contributed by atoms with van der Waals surface area (Å²) in [5.41, 5.74) is 2.31. The van der Waals surface area contributed by atoms with Gasteiger partial charge >= 0.3 is 12.1 Å². The zero-order valence-electron chi connectivity index (χ0n) is 15.8. The van der Waals surface area contributed by atoms with Crippen molar-refractivity contribution in [2.45, 2.75) is 18.7 Å². The lowest BCUT2D eigenvalue weighted by Gasteiger charge is -2.17. The van der Waals surface area contributed by atoms with Crippen LogP contribution in [0, 0.1) is 0 Å². The first kappa shape index (κ1) is 20.4. The van der Waals surface area contributed by atoms with E-state index in [0.29, 0.717) is 27.9 Å². The van der Waals surface area contributed by atoms with Gasteiger partial charge in [-0.05, 0) is 48.0 Å². The van der Waals surface area contributed by atoms with Crippen molar-refractivity contribution in [2.75, 3.05) is 0 Å². The van der Waals surface area contributed by atoms with Gasteiger partial charge in [0.1, 0.15) is 5.75 Å². The lowest BCUT2D eigenvalue weighted by Crippen LogP contribution is -2.17. The van der Waals surface area contributed by atoms with Crippen molar-refractivity contribution >= 4 is 16.9 Å². The number of hydrogen-bond acceptors (Lipinski definition) is 5. The zero-order valence-corrected chi connectivity index (χ0v) is 15.8. The Morgan fingerprint density at radius 2 is 1.87 bits per heavy atom. The summed E-state index contributed by atoms with van der Waals surface area (Å²) >= 11 is 0. The van der Waals surface area contributed by atoms with E-state index >= 15 is 0 Å². The maximum Gasteiger partial charge on any atom is 0.573 e. The Balaban J connectivity index is 1.63. The number of nitrogens with zero attached hydrogens (tertiary/aromatic N) is 1. The number of carbonyl (C=O) groups excluding carboxylic acids is 1. The second-order valence-electron chi connectivity index (χ2n) is 6.78. The number of rotatable bonds is 6. The molecular formula is C22H15F3N2O4. The van der Waals surface area contributed by atoms with Crippen molar-refractivity contribution in [3.63, 3.8) is 0 Å². The first-order chi connectivity index (χ1) is 14.8. The molecule has 0 saturated carbocycles. The highest BCUT2D eigenvalue weighted by Crippen LogP contribution is 2.31. The highest BCUT2D eigenvalue weighted by atomic mass is 19.4. The van der Waals surface area contributed by atoms with Gasteiger partial charge in [-0.25, -0.2) is 4.79 Å². The molecule has 0 unspecified atom stereocenters. The van der Waals surface area contributed by atoms with Crippen LogP contribution in [0.2, 0.25) is 0 Å². The van der Waals surface area contributed by atoms with Crippen molar-refractivity contribution in [3.05, 3.63) is 94.2 Å². The van der Waals surface area contributed by atoms with Crippen molar-refractivity contribution in [3.8, 4) is 5.75 Å². The molecule has 2 aromatic carbocycles. The molecule has 0 aliphatic heterocycles. The number of pyridine rings is 1. The quantitative estimate of drug-likeness (QED) is 0.445. The number of Topliss-reactive ketones (excluding diaryl/α,β-unsaturated/α-hetero) is 1. The topological polar surface area (TPSA) is 85.2 Å². The summed E-state index contributed by atoms with van der Waals surface area (Å²) < 4.78 is 46.2. The normalized spacial score (nSPS) is 12.6. The molecule has 6 nitrogen and oxygen atoms in total. The smallest absolute Gasteiger partial charge is 0.408 e. The van der Waals surface area contributed by atoms with Crippen molar-refractivity contribution < 1.29 is 27.1 Å². The third-order valence-corrected chi connectivity index (χ3v) is 4.69. The molecule has 0 saturated heterocycles. The number of aromatic nitrogens is 2. The second kappa shape index (κ2) is 8.10. The molecule has 0 spiro atoms. The molecule has 1 atom stereocenters. The Morgan fingerprint density at radius 3 is 2.55 bits per heavy atom. The standard InChI is InChI=1S/C22H15F3N2O4/c23-22(24,25)31-15-7-4-13(5-8-15)16(17-3-1-2-10-26-17)12-19(28)14-6-9-20-18(11-14)27-21(29)30-20/h1-11,16H,12H2,(H,27,29)/t16-/m0/s1. The van der Waals surface area contributed by atoms with E-state index < -0.39 is 18.0 Å². The van der Waals surface area contributed by atoms with Gasteiger partial charge < -0.3 is 9.15 Å². The van der Waals surface area contributed by atoms with Crippen LogP contribution in [0.4, 0.5) is 13.2 Å². The number of hydrogen-bond donors (Lipinski definition) is 1. The van der Waals surface area contributed by atoms with Crippen molar-refractivity contribution in [2.24, 2.45) is 0 Å². The minimum atomic E-state index is -4.79. The molecule has 0 aliphatic carbocycles. The van der Waals surface area contributed by atoms with Crippen LogP contribution in [0.3, 0.4) is 0 Å². The van der Waals surface area contributed by atoms with E-state index in [1.165, 1.54) is 36.4 Å². The Kier molecular flexibility index (Phi) is 5.33. The average Bonchev–Trinajstić information content (AvgIpc) is 3.11. The van der Waals surface area contributed by atoms with E-state index in [2.05, 4.69) is 14.7 Å². The number of nitrogens with one attached hydrogen (secondary N) is 1. The van der Waals surface area contributed by atoms with Crippen LogP contribution in [0.5, 0.6) is 5.75 Å². The van der Waals surface area contributed by atoms with E-state index in [0.717, 1.165) is 0 Å². The first-order valence-corrected chi connectivity index (χ1v) is 9.21. The molecule has 0 aliphatic rings. The Labute approximate surface area is 173 Å². The monoisotopic (exact) mass is 428 g/mol. The molecule has 2 aromatic heterocycles. The maximum atomic E-state index is 13.0. The Morgan fingerprint density at radius 1 is 1.10 bits per heavy atom. The number of ketones is 1. The van der Waals surface area contributed by atoms with Gasteiger partial charge in [0.2, 0.25) is 0 Å². The van der Waals surface area contributed by atoms with E-state index in [4.69, 9.17) is 4.42 Å². The maximum absolute atomic E-state index is 13.0. The fourth-order valence-corrected chi connectivity index (χ4v) is 3.31. The summed E-state index contributed by atoms with van der Waals surface area (Å²) in [4.78, 5) is 31.1. The predicted octanol–water partition coefficient (Wildman–Crippen LogP) is 4.82. The molecule has 4 aromatic rings.